The molecule has 0 bridgehead atoms. The fourth-order valence-electron chi connectivity index (χ4n) is 3.19. The second-order valence-corrected chi connectivity index (χ2v) is 6.03. The summed E-state index contributed by atoms with van der Waals surface area (Å²) < 4.78 is 1.59. The first-order valence-corrected chi connectivity index (χ1v) is 7.62. The molecular formula is C15H26N4O. The summed E-state index contributed by atoms with van der Waals surface area (Å²) in [7, 11) is 1.77. The van der Waals surface area contributed by atoms with Crippen LogP contribution in [0.25, 0.3) is 0 Å². The van der Waals surface area contributed by atoms with E-state index < -0.39 is 0 Å². The van der Waals surface area contributed by atoms with Crippen LogP contribution in [0.5, 0.6) is 0 Å². The van der Waals surface area contributed by atoms with Gasteiger partial charge in [0.1, 0.15) is 5.69 Å². The average molecular weight is 278 g/mol. The normalized spacial score (nSPS) is 22.8. The molecule has 1 aromatic rings. The van der Waals surface area contributed by atoms with Crippen molar-refractivity contribution in [3.8, 4) is 0 Å². The molecule has 0 aliphatic heterocycles. The predicted molar refractivity (Wildman–Crippen MR) is 80.5 cm³/mol. The number of hydrogen-bond donors (Lipinski definition) is 2. The molecule has 0 spiro atoms. The number of hydrogen-bond acceptors (Lipinski definition) is 3. The fraction of sp³-hybridized carbons (Fsp3) is 0.733. The first-order chi connectivity index (χ1) is 9.52. The van der Waals surface area contributed by atoms with Crippen LogP contribution >= 0.6 is 0 Å². The highest BCUT2D eigenvalue weighted by Gasteiger charge is 2.22. The SMILES string of the molecule is CCc1nn(C)c(C(=O)NCC2CCCC(C)C2)c1N. The molecule has 1 aromatic heterocycles. The van der Waals surface area contributed by atoms with Crippen molar-refractivity contribution in [2.75, 3.05) is 12.3 Å². The Labute approximate surface area is 120 Å². The molecule has 2 rings (SSSR count). The van der Waals surface area contributed by atoms with Gasteiger partial charge in [0.25, 0.3) is 5.91 Å². The molecule has 1 aliphatic carbocycles. The van der Waals surface area contributed by atoms with Crippen molar-refractivity contribution in [1.82, 2.24) is 15.1 Å². The Hall–Kier alpha value is -1.52. The number of rotatable bonds is 4. The van der Waals surface area contributed by atoms with Crippen LogP contribution in [0.2, 0.25) is 0 Å². The topological polar surface area (TPSA) is 72.9 Å². The summed E-state index contributed by atoms with van der Waals surface area (Å²) in [6.45, 7) is 5.03. The quantitative estimate of drug-likeness (QED) is 0.886. The summed E-state index contributed by atoms with van der Waals surface area (Å²) in [6, 6.07) is 0. The van der Waals surface area contributed by atoms with Crippen molar-refractivity contribution in [2.24, 2.45) is 18.9 Å². The number of nitrogen functional groups attached to an aromatic ring is 1. The van der Waals surface area contributed by atoms with Crippen molar-refractivity contribution in [3.05, 3.63) is 11.4 Å². The number of nitrogens with zero attached hydrogens (tertiary/aromatic N) is 2. The van der Waals surface area contributed by atoms with E-state index in [2.05, 4.69) is 17.3 Å². The molecule has 0 saturated heterocycles. The van der Waals surface area contributed by atoms with Gasteiger partial charge in [-0.25, -0.2) is 0 Å². The molecular weight excluding hydrogens is 252 g/mol. The Bertz CT molecular complexity index is 480. The van der Waals surface area contributed by atoms with Crippen molar-refractivity contribution in [2.45, 2.75) is 46.0 Å². The maximum Gasteiger partial charge on any atom is 0.271 e. The summed E-state index contributed by atoms with van der Waals surface area (Å²) >= 11 is 0. The smallest absolute Gasteiger partial charge is 0.271 e. The lowest BCUT2D eigenvalue weighted by molar-refractivity contribution is 0.0932. The summed E-state index contributed by atoms with van der Waals surface area (Å²) in [4.78, 5) is 12.3. The number of nitrogens with two attached hydrogens (primary N) is 1. The lowest BCUT2D eigenvalue weighted by Crippen LogP contribution is -2.33. The molecule has 20 heavy (non-hydrogen) atoms. The van der Waals surface area contributed by atoms with Gasteiger partial charge in [-0.15, -0.1) is 0 Å². The van der Waals surface area contributed by atoms with E-state index >= 15 is 0 Å². The average Bonchev–Trinajstić information content (AvgIpc) is 2.71. The standard InChI is InChI=1S/C15H26N4O/c1-4-12-13(16)14(19(3)18-12)15(20)17-9-11-7-5-6-10(2)8-11/h10-11H,4-9,16H2,1-3H3,(H,17,20). The van der Waals surface area contributed by atoms with E-state index in [1.165, 1.54) is 25.7 Å². The monoisotopic (exact) mass is 278 g/mol. The summed E-state index contributed by atoms with van der Waals surface area (Å²) in [5, 5.41) is 7.32. The van der Waals surface area contributed by atoms with Gasteiger partial charge in [0.2, 0.25) is 0 Å². The first kappa shape index (κ1) is 14.9. The maximum atomic E-state index is 12.3. The van der Waals surface area contributed by atoms with Gasteiger partial charge in [-0.3, -0.25) is 9.48 Å². The van der Waals surface area contributed by atoms with Gasteiger partial charge < -0.3 is 11.1 Å². The minimum Gasteiger partial charge on any atom is -0.395 e. The van der Waals surface area contributed by atoms with Crippen LogP contribution in [0.1, 0.15) is 55.7 Å². The lowest BCUT2D eigenvalue weighted by Gasteiger charge is -2.26. The van der Waals surface area contributed by atoms with Crippen molar-refractivity contribution in [1.29, 1.82) is 0 Å². The first-order valence-electron chi connectivity index (χ1n) is 7.62. The molecule has 112 valence electrons. The Morgan fingerprint density at radius 2 is 2.25 bits per heavy atom. The van der Waals surface area contributed by atoms with Crippen LogP contribution in [0.3, 0.4) is 0 Å². The van der Waals surface area contributed by atoms with Crippen molar-refractivity contribution in [3.63, 3.8) is 0 Å². The predicted octanol–water partition coefficient (Wildman–Crippen LogP) is 2.12. The molecule has 0 radical (unpaired) electrons. The van der Waals surface area contributed by atoms with Gasteiger partial charge in [-0.05, 0) is 31.1 Å². The number of carbonyl (C=O) groups excluding carboxylic acids is 1. The van der Waals surface area contributed by atoms with Crippen LogP contribution in [0.15, 0.2) is 0 Å². The molecule has 1 aliphatic rings. The summed E-state index contributed by atoms with van der Waals surface area (Å²) in [6.07, 6.45) is 5.76. The molecule has 3 N–H and O–H groups in total. The second kappa shape index (κ2) is 6.29. The number of anilines is 1. The molecule has 1 saturated carbocycles. The zero-order valence-electron chi connectivity index (χ0n) is 12.8. The second-order valence-electron chi connectivity index (χ2n) is 6.03. The van der Waals surface area contributed by atoms with Crippen LogP contribution in [-0.4, -0.2) is 22.2 Å². The number of amides is 1. The molecule has 5 nitrogen and oxygen atoms in total. The third-order valence-electron chi connectivity index (χ3n) is 4.31. The van der Waals surface area contributed by atoms with Crippen molar-refractivity contribution >= 4 is 11.6 Å². The molecule has 1 amide bonds. The zero-order valence-corrected chi connectivity index (χ0v) is 12.8. The Morgan fingerprint density at radius 3 is 2.85 bits per heavy atom. The number of aryl methyl sites for hydroxylation is 2. The van der Waals surface area contributed by atoms with E-state index in [0.29, 0.717) is 17.3 Å². The third kappa shape index (κ3) is 3.14. The molecule has 0 aromatic carbocycles. The van der Waals surface area contributed by atoms with Gasteiger partial charge >= 0.3 is 0 Å². The number of nitrogens with one attached hydrogen (secondary N) is 1. The maximum absolute atomic E-state index is 12.3. The van der Waals surface area contributed by atoms with E-state index in [1.807, 2.05) is 6.92 Å². The van der Waals surface area contributed by atoms with Gasteiger partial charge in [-0.2, -0.15) is 5.10 Å². The fourth-order valence-corrected chi connectivity index (χ4v) is 3.19. The van der Waals surface area contributed by atoms with Crippen LogP contribution in [-0.2, 0) is 13.5 Å². The Balaban J connectivity index is 1.96. The number of carbonyl (C=O) groups is 1. The minimum absolute atomic E-state index is 0.101. The summed E-state index contributed by atoms with van der Waals surface area (Å²) in [5.74, 6) is 1.28. The van der Waals surface area contributed by atoms with Gasteiger partial charge in [0.05, 0.1) is 11.4 Å². The molecule has 2 atom stereocenters. The minimum atomic E-state index is -0.101. The van der Waals surface area contributed by atoms with Gasteiger partial charge in [0.15, 0.2) is 0 Å². The van der Waals surface area contributed by atoms with Crippen LogP contribution < -0.4 is 11.1 Å². The lowest BCUT2D eigenvalue weighted by atomic mass is 9.82. The zero-order chi connectivity index (χ0) is 14.7. The molecule has 1 fully saturated rings. The van der Waals surface area contributed by atoms with E-state index in [-0.39, 0.29) is 5.91 Å². The molecule has 1 heterocycles. The highest BCUT2D eigenvalue weighted by Crippen LogP contribution is 2.28. The van der Waals surface area contributed by atoms with Crippen molar-refractivity contribution < 1.29 is 4.79 Å². The van der Waals surface area contributed by atoms with E-state index in [0.717, 1.165) is 24.6 Å². The van der Waals surface area contributed by atoms with E-state index in [4.69, 9.17) is 5.73 Å². The van der Waals surface area contributed by atoms with Gasteiger partial charge in [-0.1, -0.05) is 26.7 Å². The Morgan fingerprint density at radius 1 is 1.50 bits per heavy atom. The third-order valence-corrected chi connectivity index (χ3v) is 4.31. The highest BCUT2D eigenvalue weighted by atomic mass is 16.2. The van der Waals surface area contributed by atoms with Crippen LogP contribution in [0, 0.1) is 11.8 Å². The summed E-state index contributed by atoms with van der Waals surface area (Å²) in [5.41, 5.74) is 7.81. The highest BCUT2D eigenvalue weighted by molar-refractivity contribution is 5.97. The van der Waals surface area contributed by atoms with E-state index in [9.17, 15) is 4.79 Å². The van der Waals surface area contributed by atoms with Crippen LogP contribution in [0.4, 0.5) is 5.69 Å². The largest absolute Gasteiger partial charge is 0.395 e. The molecule has 5 heteroatoms. The van der Waals surface area contributed by atoms with E-state index in [1.54, 1.807) is 11.7 Å². The Kier molecular flexibility index (Phi) is 4.68. The van der Waals surface area contributed by atoms with Gasteiger partial charge in [0, 0.05) is 13.6 Å². The molecule has 2 unspecified atom stereocenters. The number of aromatic nitrogens is 2.